The highest BCUT2D eigenvalue weighted by atomic mass is 31.1. The maximum absolute atomic E-state index is 11.2. The summed E-state index contributed by atoms with van der Waals surface area (Å²) in [6, 6.07) is 9.49. The predicted octanol–water partition coefficient (Wildman–Crippen LogP) is 1.81. The molecule has 1 aliphatic rings. The van der Waals surface area contributed by atoms with Gasteiger partial charge < -0.3 is 18.7 Å². The molecule has 1 fully saturated rings. The fourth-order valence-corrected chi connectivity index (χ4v) is 2.73. The number of amides is 2. The van der Waals surface area contributed by atoms with Gasteiger partial charge in [0.2, 0.25) is 15.4 Å². The van der Waals surface area contributed by atoms with Crippen molar-refractivity contribution in [1.29, 1.82) is 0 Å². The van der Waals surface area contributed by atoms with E-state index in [-0.39, 0.29) is 21.4 Å². The van der Waals surface area contributed by atoms with Crippen molar-refractivity contribution in [3.8, 4) is 5.75 Å². The van der Waals surface area contributed by atoms with Crippen molar-refractivity contribution in [3.63, 3.8) is 0 Å². The quantitative estimate of drug-likeness (QED) is 0.316. The van der Waals surface area contributed by atoms with Crippen LogP contribution in [0.2, 0.25) is 0 Å². The summed E-state index contributed by atoms with van der Waals surface area (Å²) in [6.07, 6.45) is 4.83. The molecule has 8 heteroatoms. The average molecular weight is 352 g/mol. The van der Waals surface area contributed by atoms with Gasteiger partial charge in [-0.05, 0) is 25.0 Å². The molecular formula is C16H21N2O5P. The summed E-state index contributed by atoms with van der Waals surface area (Å²) in [7, 11) is 1.74. The molecule has 3 atom stereocenters. The average Bonchev–Trinajstić information content (AvgIpc) is 3.07. The molecule has 0 bridgehead atoms. The number of ether oxygens (including phenoxy) is 1. The van der Waals surface area contributed by atoms with Gasteiger partial charge in [-0.3, -0.25) is 14.9 Å². The lowest BCUT2D eigenvalue weighted by Crippen LogP contribution is -2.29. The Morgan fingerprint density at radius 2 is 2.21 bits per heavy atom. The Morgan fingerprint density at radius 1 is 1.42 bits per heavy atom. The van der Waals surface area contributed by atoms with Crippen molar-refractivity contribution >= 4 is 21.4 Å². The van der Waals surface area contributed by atoms with Crippen molar-refractivity contribution in [1.82, 2.24) is 10.2 Å². The van der Waals surface area contributed by atoms with Crippen LogP contribution in [0.25, 0.3) is 0 Å². The smallest absolute Gasteiger partial charge is 0.251 e. The number of rotatable bonds is 9. The van der Waals surface area contributed by atoms with Crippen molar-refractivity contribution in [2.75, 3.05) is 13.7 Å². The number of carbonyl (C=O) groups excluding carboxylic acids is 2. The first-order valence-corrected chi connectivity index (χ1v) is 8.39. The molecule has 0 aliphatic carbocycles. The van der Waals surface area contributed by atoms with Crippen LogP contribution in [-0.2, 0) is 18.8 Å². The third kappa shape index (κ3) is 6.28. The lowest BCUT2D eigenvalue weighted by atomic mass is 10.2. The normalized spacial score (nSPS) is 20.5. The van der Waals surface area contributed by atoms with Gasteiger partial charge in [0.1, 0.15) is 12.0 Å². The van der Waals surface area contributed by atoms with Gasteiger partial charge >= 0.3 is 0 Å². The monoisotopic (exact) mass is 352 g/mol. The number of benzene rings is 1. The Kier molecular flexibility index (Phi) is 7.68. The molecular weight excluding hydrogens is 331 g/mol. The largest absolute Gasteiger partial charge is 0.450 e. The lowest BCUT2D eigenvalue weighted by Gasteiger charge is -2.22. The van der Waals surface area contributed by atoms with E-state index in [0.717, 1.165) is 18.6 Å². The summed E-state index contributed by atoms with van der Waals surface area (Å²) < 4.78 is 16.9. The zero-order valence-corrected chi connectivity index (χ0v) is 14.4. The van der Waals surface area contributed by atoms with E-state index < -0.39 is 5.91 Å². The molecule has 24 heavy (non-hydrogen) atoms. The summed E-state index contributed by atoms with van der Waals surface area (Å²) in [5.74, 6) is 0.313. The van der Waals surface area contributed by atoms with E-state index in [4.69, 9.17) is 13.8 Å². The third-order valence-electron chi connectivity index (χ3n) is 3.43. The second-order valence-electron chi connectivity index (χ2n) is 5.21. The van der Waals surface area contributed by atoms with E-state index >= 15 is 0 Å². The first kappa shape index (κ1) is 18.4. The van der Waals surface area contributed by atoms with Gasteiger partial charge in [-0.15, -0.1) is 0 Å². The molecule has 2 amide bonds. The molecule has 0 spiro atoms. The predicted molar refractivity (Wildman–Crippen MR) is 90.3 cm³/mol. The van der Waals surface area contributed by atoms with Crippen LogP contribution in [0.1, 0.15) is 12.8 Å². The van der Waals surface area contributed by atoms with Crippen LogP contribution in [-0.4, -0.2) is 43.2 Å². The van der Waals surface area contributed by atoms with Gasteiger partial charge in [-0.25, -0.2) is 0 Å². The van der Waals surface area contributed by atoms with E-state index in [1.807, 2.05) is 42.7 Å². The maximum atomic E-state index is 11.2. The van der Waals surface area contributed by atoms with E-state index in [0.29, 0.717) is 13.0 Å². The Hall–Kier alpha value is -1.95. The molecule has 1 aliphatic heterocycles. The number of nitrogens with zero attached hydrogens (tertiary/aromatic N) is 1. The zero-order valence-electron chi connectivity index (χ0n) is 13.4. The minimum atomic E-state index is -0.464. The third-order valence-corrected chi connectivity index (χ3v) is 4.04. The van der Waals surface area contributed by atoms with Crippen LogP contribution in [0.15, 0.2) is 42.6 Å². The molecule has 0 saturated carbocycles. The molecule has 1 N–H and O–H groups in total. The van der Waals surface area contributed by atoms with Crippen molar-refractivity contribution in [2.24, 2.45) is 0 Å². The van der Waals surface area contributed by atoms with Gasteiger partial charge in [0.25, 0.3) is 5.91 Å². The fraction of sp³-hybridized carbons (Fsp3) is 0.375. The number of para-hydroxylation sites is 1. The second-order valence-corrected chi connectivity index (χ2v) is 5.87. The van der Waals surface area contributed by atoms with Crippen molar-refractivity contribution in [3.05, 3.63) is 42.6 Å². The summed E-state index contributed by atoms with van der Waals surface area (Å²) in [5.41, 5.74) is 0. The highest BCUT2D eigenvalue weighted by Crippen LogP contribution is 2.26. The maximum Gasteiger partial charge on any atom is 0.251 e. The van der Waals surface area contributed by atoms with Gasteiger partial charge in [0.05, 0.1) is 12.7 Å². The van der Waals surface area contributed by atoms with Crippen molar-refractivity contribution < 1.29 is 23.4 Å². The fourth-order valence-electron chi connectivity index (χ4n) is 2.19. The molecule has 7 nitrogen and oxygen atoms in total. The van der Waals surface area contributed by atoms with Crippen LogP contribution in [0.5, 0.6) is 5.75 Å². The van der Waals surface area contributed by atoms with E-state index in [2.05, 4.69) is 0 Å². The molecule has 1 saturated heterocycles. The summed E-state index contributed by atoms with van der Waals surface area (Å²) >= 11 is 0. The summed E-state index contributed by atoms with van der Waals surface area (Å²) in [5, 5.41) is 2.04. The number of nitrogens with one attached hydrogen (secondary N) is 1. The number of imide groups is 1. The molecule has 2 rings (SSSR count). The lowest BCUT2D eigenvalue weighted by molar-refractivity contribution is -0.121. The van der Waals surface area contributed by atoms with Crippen LogP contribution in [0, 0.1) is 0 Å². The molecule has 0 radical (unpaired) electrons. The second kappa shape index (κ2) is 10.0. The van der Waals surface area contributed by atoms with Gasteiger partial charge in [0.15, 0.2) is 0 Å². The van der Waals surface area contributed by atoms with Crippen LogP contribution < -0.4 is 9.84 Å². The SMILES string of the molecule is CN(/C=C\C(=O)NC=O)C1CCC(COPOc2ccccc2)O1. The zero-order chi connectivity index (χ0) is 17.2. The highest BCUT2D eigenvalue weighted by Gasteiger charge is 2.27. The first-order valence-electron chi connectivity index (χ1n) is 7.57. The van der Waals surface area contributed by atoms with Crippen LogP contribution in [0.4, 0.5) is 0 Å². The van der Waals surface area contributed by atoms with Gasteiger partial charge in [0, 0.05) is 19.3 Å². The summed E-state index contributed by atoms with van der Waals surface area (Å²) in [4.78, 5) is 23.1. The van der Waals surface area contributed by atoms with E-state index in [1.165, 1.54) is 6.08 Å². The summed E-state index contributed by atoms with van der Waals surface area (Å²) in [6.45, 7) is 0.463. The van der Waals surface area contributed by atoms with E-state index in [1.54, 1.807) is 11.1 Å². The Morgan fingerprint density at radius 3 is 2.96 bits per heavy atom. The van der Waals surface area contributed by atoms with Crippen LogP contribution in [0.3, 0.4) is 0 Å². The Labute approximate surface area is 142 Å². The van der Waals surface area contributed by atoms with Crippen molar-refractivity contribution in [2.45, 2.75) is 25.2 Å². The van der Waals surface area contributed by atoms with Gasteiger partial charge in [-0.1, -0.05) is 18.2 Å². The Balaban J connectivity index is 1.63. The highest BCUT2D eigenvalue weighted by molar-refractivity contribution is 7.26. The molecule has 1 aromatic rings. The first-order chi connectivity index (χ1) is 11.7. The van der Waals surface area contributed by atoms with E-state index in [9.17, 15) is 9.59 Å². The number of hydrogen-bond acceptors (Lipinski definition) is 6. The minimum absolute atomic E-state index is 0.00141. The molecule has 1 aromatic carbocycles. The topological polar surface area (TPSA) is 77.1 Å². The molecule has 130 valence electrons. The molecule has 0 aromatic heterocycles. The number of hydrogen-bond donors (Lipinski definition) is 1. The van der Waals surface area contributed by atoms with Crippen LogP contribution >= 0.6 is 9.03 Å². The number of carbonyl (C=O) groups is 2. The standard InChI is InChI=1S/C16H21N2O5P/c1-18(10-9-15(20)17-12-19)16-8-7-14(22-16)11-21-24-23-13-5-3-2-4-6-13/h2-6,9-10,12,14,16,24H,7-8,11H2,1H3,(H,17,19,20)/b10-9-. The molecule has 1 heterocycles. The Bertz CT molecular complexity index is 555. The van der Waals surface area contributed by atoms with Gasteiger partial charge in [-0.2, -0.15) is 0 Å². The minimum Gasteiger partial charge on any atom is -0.450 e. The molecule has 3 unspecified atom stereocenters.